The van der Waals surface area contributed by atoms with E-state index in [0.717, 1.165) is 0 Å². The topological polar surface area (TPSA) is 48.4 Å². The largest absolute Gasteiger partial charge is 0.483 e. The summed E-state index contributed by atoms with van der Waals surface area (Å²) in [5, 5.41) is 0. The molecule has 1 aromatic carbocycles. The van der Waals surface area contributed by atoms with Crippen molar-refractivity contribution >= 4 is 5.69 Å². The molecule has 15 heavy (non-hydrogen) atoms. The van der Waals surface area contributed by atoms with Crippen LogP contribution in [-0.4, -0.2) is 0 Å². The van der Waals surface area contributed by atoms with Crippen molar-refractivity contribution in [2.45, 2.75) is 6.61 Å². The molecule has 78 valence electrons. The second kappa shape index (κ2) is 4.04. The van der Waals surface area contributed by atoms with Gasteiger partial charge in [0.25, 0.3) is 0 Å². The van der Waals surface area contributed by atoms with Crippen LogP contribution >= 0.6 is 0 Å². The Morgan fingerprint density at radius 1 is 1.33 bits per heavy atom. The van der Waals surface area contributed by atoms with Gasteiger partial charge >= 0.3 is 0 Å². The van der Waals surface area contributed by atoms with Gasteiger partial charge in [0.05, 0.1) is 12.0 Å². The van der Waals surface area contributed by atoms with Gasteiger partial charge < -0.3 is 14.9 Å². The van der Waals surface area contributed by atoms with E-state index in [1.54, 1.807) is 18.4 Å². The molecule has 0 aliphatic heterocycles. The van der Waals surface area contributed by atoms with E-state index in [0.29, 0.717) is 11.5 Å². The van der Waals surface area contributed by atoms with Crippen molar-refractivity contribution in [3.63, 3.8) is 0 Å². The van der Waals surface area contributed by atoms with E-state index in [-0.39, 0.29) is 18.1 Å². The van der Waals surface area contributed by atoms with Crippen molar-refractivity contribution < 1.29 is 13.5 Å². The summed E-state index contributed by atoms with van der Waals surface area (Å²) < 4.78 is 23.1. The first-order valence-corrected chi connectivity index (χ1v) is 4.46. The number of nitrogen functional groups attached to an aromatic ring is 1. The highest BCUT2D eigenvalue weighted by Crippen LogP contribution is 2.22. The Labute approximate surface area is 86.3 Å². The van der Waals surface area contributed by atoms with Gasteiger partial charge in [-0.15, -0.1) is 0 Å². The predicted octanol–water partition coefficient (Wildman–Crippen LogP) is 2.58. The zero-order valence-electron chi connectivity index (χ0n) is 7.94. The minimum Gasteiger partial charge on any atom is -0.483 e. The van der Waals surface area contributed by atoms with Gasteiger partial charge in [-0.05, 0) is 24.3 Å². The third-order valence-corrected chi connectivity index (χ3v) is 1.92. The number of anilines is 1. The Balaban J connectivity index is 2.05. The minimum atomic E-state index is -0.377. The summed E-state index contributed by atoms with van der Waals surface area (Å²) in [5.74, 6) is 0.768. The first-order valence-electron chi connectivity index (χ1n) is 4.46. The van der Waals surface area contributed by atoms with Crippen molar-refractivity contribution in [3.8, 4) is 5.75 Å². The molecule has 0 fully saturated rings. The van der Waals surface area contributed by atoms with Crippen LogP contribution in [0.5, 0.6) is 5.75 Å². The summed E-state index contributed by atoms with van der Waals surface area (Å²) in [7, 11) is 0. The molecule has 2 N–H and O–H groups in total. The Bertz CT molecular complexity index is 440. The summed E-state index contributed by atoms with van der Waals surface area (Å²) in [6, 6.07) is 7.57. The molecule has 0 amide bonds. The van der Waals surface area contributed by atoms with E-state index in [9.17, 15) is 4.39 Å². The predicted molar refractivity (Wildman–Crippen MR) is 53.9 cm³/mol. The van der Waals surface area contributed by atoms with E-state index in [1.165, 1.54) is 18.2 Å². The summed E-state index contributed by atoms with van der Waals surface area (Å²) in [5.41, 5.74) is 5.84. The van der Waals surface area contributed by atoms with Crippen molar-refractivity contribution in [1.82, 2.24) is 0 Å². The van der Waals surface area contributed by atoms with Crippen LogP contribution in [0, 0.1) is 5.82 Å². The lowest BCUT2D eigenvalue weighted by Crippen LogP contribution is -1.98. The number of rotatable bonds is 3. The molecule has 2 aromatic rings. The van der Waals surface area contributed by atoms with Gasteiger partial charge in [0, 0.05) is 6.07 Å². The lowest BCUT2D eigenvalue weighted by molar-refractivity contribution is 0.271. The molecule has 0 spiro atoms. The van der Waals surface area contributed by atoms with Crippen molar-refractivity contribution in [2.24, 2.45) is 0 Å². The van der Waals surface area contributed by atoms with Crippen molar-refractivity contribution in [3.05, 3.63) is 48.2 Å². The van der Waals surface area contributed by atoms with Gasteiger partial charge in [0.1, 0.15) is 23.9 Å². The maximum absolute atomic E-state index is 12.7. The van der Waals surface area contributed by atoms with Crippen molar-refractivity contribution in [1.29, 1.82) is 0 Å². The normalized spacial score (nSPS) is 10.2. The quantitative estimate of drug-likeness (QED) is 0.787. The zero-order valence-corrected chi connectivity index (χ0v) is 7.94. The standard InChI is InChI=1S/C11H10FNO2/c12-8-3-4-11(10(13)6-8)15-7-9-2-1-5-14-9/h1-6H,7,13H2. The summed E-state index contributed by atoms with van der Waals surface area (Å²) in [6.45, 7) is 0.281. The van der Waals surface area contributed by atoms with Gasteiger partial charge in [-0.2, -0.15) is 0 Å². The van der Waals surface area contributed by atoms with Crippen LogP contribution in [0.1, 0.15) is 5.76 Å². The molecule has 0 saturated carbocycles. The average Bonchev–Trinajstić information content (AvgIpc) is 2.69. The Morgan fingerprint density at radius 2 is 2.20 bits per heavy atom. The number of nitrogens with two attached hydrogens (primary N) is 1. The van der Waals surface area contributed by atoms with Crippen LogP contribution < -0.4 is 10.5 Å². The van der Waals surface area contributed by atoms with Gasteiger partial charge in [0.15, 0.2) is 0 Å². The maximum atomic E-state index is 12.7. The second-order valence-corrected chi connectivity index (χ2v) is 3.05. The van der Waals surface area contributed by atoms with Crippen LogP contribution in [0.15, 0.2) is 41.0 Å². The first-order chi connectivity index (χ1) is 7.25. The second-order valence-electron chi connectivity index (χ2n) is 3.05. The maximum Gasteiger partial charge on any atom is 0.146 e. The Kier molecular flexibility index (Phi) is 2.58. The molecule has 0 unspecified atom stereocenters. The lowest BCUT2D eigenvalue weighted by Gasteiger charge is -2.06. The van der Waals surface area contributed by atoms with Gasteiger partial charge in [0.2, 0.25) is 0 Å². The number of halogens is 1. The number of ether oxygens (including phenoxy) is 1. The molecule has 4 heteroatoms. The molecule has 0 atom stereocenters. The third kappa shape index (κ3) is 2.28. The molecule has 0 bridgehead atoms. The molecule has 0 saturated heterocycles. The molecule has 0 radical (unpaired) electrons. The summed E-state index contributed by atoms with van der Waals surface area (Å²) in [6.07, 6.45) is 1.56. The molecule has 1 aromatic heterocycles. The van der Waals surface area contributed by atoms with Crippen molar-refractivity contribution in [2.75, 3.05) is 5.73 Å². The van der Waals surface area contributed by atoms with Crippen LogP contribution in [0.4, 0.5) is 10.1 Å². The highest BCUT2D eigenvalue weighted by Gasteiger charge is 2.03. The van der Waals surface area contributed by atoms with E-state index in [1.807, 2.05) is 0 Å². The number of hydrogen-bond donors (Lipinski definition) is 1. The van der Waals surface area contributed by atoms with Crippen LogP contribution in [0.3, 0.4) is 0 Å². The highest BCUT2D eigenvalue weighted by atomic mass is 19.1. The van der Waals surface area contributed by atoms with Gasteiger partial charge in [-0.3, -0.25) is 0 Å². The summed E-state index contributed by atoms with van der Waals surface area (Å²) in [4.78, 5) is 0. The monoisotopic (exact) mass is 207 g/mol. The fourth-order valence-corrected chi connectivity index (χ4v) is 1.19. The third-order valence-electron chi connectivity index (χ3n) is 1.92. The Morgan fingerprint density at radius 3 is 2.87 bits per heavy atom. The Hall–Kier alpha value is -1.97. The van der Waals surface area contributed by atoms with E-state index in [2.05, 4.69) is 0 Å². The smallest absolute Gasteiger partial charge is 0.146 e. The molecular weight excluding hydrogens is 197 g/mol. The van der Waals surface area contributed by atoms with E-state index < -0.39 is 0 Å². The molecule has 3 nitrogen and oxygen atoms in total. The molecule has 0 aliphatic rings. The molecular formula is C11H10FNO2. The van der Waals surface area contributed by atoms with Gasteiger partial charge in [-0.25, -0.2) is 4.39 Å². The lowest BCUT2D eigenvalue weighted by atomic mass is 10.3. The summed E-state index contributed by atoms with van der Waals surface area (Å²) >= 11 is 0. The average molecular weight is 207 g/mol. The SMILES string of the molecule is Nc1cc(F)ccc1OCc1ccco1. The highest BCUT2D eigenvalue weighted by molar-refractivity contribution is 5.52. The number of hydrogen-bond acceptors (Lipinski definition) is 3. The number of furan rings is 1. The molecule has 2 rings (SSSR count). The van der Waals surface area contributed by atoms with E-state index >= 15 is 0 Å². The fraction of sp³-hybridized carbons (Fsp3) is 0.0909. The fourth-order valence-electron chi connectivity index (χ4n) is 1.19. The van der Waals surface area contributed by atoms with Gasteiger partial charge in [-0.1, -0.05) is 0 Å². The van der Waals surface area contributed by atoms with Crippen LogP contribution in [0.2, 0.25) is 0 Å². The van der Waals surface area contributed by atoms with Crippen LogP contribution in [0.25, 0.3) is 0 Å². The van der Waals surface area contributed by atoms with E-state index in [4.69, 9.17) is 14.9 Å². The molecule has 1 heterocycles. The zero-order chi connectivity index (χ0) is 10.7. The first kappa shape index (κ1) is 9.58. The minimum absolute atomic E-state index is 0.279. The number of benzene rings is 1. The van der Waals surface area contributed by atoms with Crippen LogP contribution in [-0.2, 0) is 6.61 Å². The molecule has 0 aliphatic carbocycles.